The third-order valence-electron chi connectivity index (χ3n) is 2.63. The third kappa shape index (κ3) is 5.49. The van der Waals surface area contributed by atoms with E-state index in [0.29, 0.717) is 22.2 Å². The van der Waals surface area contributed by atoms with Crippen molar-refractivity contribution in [1.29, 1.82) is 0 Å². The highest BCUT2D eigenvalue weighted by molar-refractivity contribution is 6.36. The summed E-state index contributed by atoms with van der Waals surface area (Å²) in [6, 6.07) is 4.75. The molecule has 0 bridgehead atoms. The fraction of sp³-hybridized carbons (Fsp3) is 0.429. The van der Waals surface area contributed by atoms with Gasteiger partial charge in [-0.2, -0.15) is 0 Å². The van der Waals surface area contributed by atoms with Crippen LogP contribution in [0, 0.1) is 0 Å². The van der Waals surface area contributed by atoms with Gasteiger partial charge in [-0.1, -0.05) is 30.1 Å². The number of hydrogen-bond acceptors (Lipinski definition) is 3. The maximum absolute atomic E-state index is 12.1. The van der Waals surface area contributed by atoms with E-state index in [1.54, 1.807) is 24.1 Å². The lowest BCUT2D eigenvalue weighted by atomic mass is 10.1. The average Bonchev–Trinajstić information content (AvgIpc) is 2.38. The Kier molecular flexibility index (Phi) is 6.99. The molecular weight excluding hydrogens is 299 g/mol. The van der Waals surface area contributed by atoms with Gasteiger partial charge in [-0.3, -0.25) is 14.5 Å². The molecule has 0 unspecified atom stereocenters. The molecule has 110 valence electrons. The van der Waals surface area contributed by atoms with Crippen LogP contribution in [0.3, 0.4) is 0 Å². The number of nitrogens with zero attached hydrogens (tertiary/aromatic N) is 1. The fourth-order valence-electron chi connectivity index (χ4n) is 1.66. The second-order valence-corrected chi connectivity index (χ2v) is 5.41. The molecule has 0 aromatic heterocycles. The SMILES string of the molecule is CCCNC(=O)CN(C)CC(=O)c1cc(Cl)ccc1Cl. The van der Waals surface area contributed by atoms with Crippen LogP contribution in [-0.2, 0) is 4.79 Å². The van der Waals surface area contributed by atoms with Gasteiger partial charge in [0.2, 0.25) is 5.91 Å². The van der Waals surface area contributed by atoms with Gasteiger partial charge in [-0.05, 0) is 31.7 Å². The topological polar surface area (TPSA) is 49.4 Å². The summed E-state index contributed by atoms with van der Waals surface area (Å²) in [6.07, 6.45) is 0.881. The minimum Gasteiger partial charge on any atom is -0.355 e. The first-order valence-electron chi connectivity index (χ1n) is 6.37. The van der Waals surface area contributed by atoms with Gasteiger partial charge in [0.1, 0.15) is 0 Å². The Balaban J connectivity index is 2.57. The molecule has 0 heterocycles. The quantitative estimate of drug-likeness (QED) is 0.787. The molecule has 6 heteroatoms. The van der Waals surface area contributed by atoms with Crippen molar-refractivity contribution in [3.8, 4) is 0 Å². The fourth-order valence-corrected chi connectivity index (χ4v) is 2.06. The van der Waals surface area contributed by atoms with E-state index in [1.165, 1.54) is 6.07 Å². The summed E-state index contributed by atoms with van der Waals surface area (Å²) in [5, 5.41) is 3.58. The van der Waals surface area contributed by atoms with Crippen LogP contribution in [0.2, 0.25) is 10.0 Å². The van der Waals surface area contributed by atoms with Crippen LogP contribution < -0.4 is 5.32 Å². The van der Waals surface area contributed by atoms with E-state index < -0.39 is 0 Å². The molecule has 0 atom stereocenters. The van der Waals surface area contributed by atoms with Gasteiger partial charge in [0.25, 0.3) is 0 Å². The number of likely N-dealkylation sites (N-methyl/N-ethyl adjacent to an activating group) is 1. The van der Waals surface area contributed by atoms with Gasteiger partial charge in [-0.25, -0.2) is 0 Å². The Labute approximate surface area is 129 Å². The van der Waals surface area contributed by atoms with Crippen molar-refractivity contribution in [2.24, 2.45) is 0 Å². The number of carbonyl (C=O) groups is 2. The summed E-state index contributed by atoms with van der Waals surface area (Å²) in [5.74, 6) is -0.261. The number of Topliss-reactive ketones (excluding diaryl/α,β-unsaturated/α-hetero) is 1. The molecule has 1 N–H and O–H groups in total. The van der Waals surface area contributed by atoms with Gasteiger partial charge in [0.05, 0.1) is 18.1 Å². The smallest absolute Gasteiger partial charge is 0.234 e. The van der Waals surface area contributed by atoms with E-state index in [0.717, 1.165) is 6.42 Å². The van der Waals surface area contributed by atoms with Crippen molar-refractivity contribution in [2.75, 3.05) is 26.7 Å². The number of amides is 1. The highest BCUT2D eigenvalue weighted by atomic mass is 35.5. The van der Waals surface area contributed by atoms with Gasteiger partial charge in [0.15, 0.2) is 5.78 Å². The maximum Gasteiger partial charge on any atom is 0.234 e. The molecule has 0 aliphatic carbocycles. The number of nitrogens with one attached hydrogen (secondary N) is 1. The monoisotopic (exact) mass is 316 g/mol. The van der Waals surface area contributed by atoms with Crippen LogP contribution in [0.1, 0.15) is 23.7 Å². The average molecular weight is 317 g/mol. The zero-order valence-electron chi connectivity index (χ0n) is 11.6. The normalized spacial score (nSPS) is 10.7. The van der Waals surface area contributed by atoms with E-state index >= 15 is 0 Å². The van der Waals surface area contributed by atoms with Gasteiger partial charge in [0, 0.05) is 17.1 Å². The molecule has 1 aromatic rings. The van der Waals surface area contributed by atoms with Crippen LogP contribution in [0.15, 0.2) is 18.2 Å². The van der Waals surface area contributed by atoms with Crippen LogP contribution in [-0.4, -0.2) is 43.3 Å². The van der Waals surface area contributed by atoms with Crippen LogP contribution in [0.25, 0.3) is 0 Å². The summed E-state index contributed by atoms with van der Waals surface area (Å²) in [4.78, 5) is 25.3. The summed E-state index contributed by atoms with van der Waals surface area (Å²) in [5.41, 5.74) is 0.375. The highest BCUT2D eigenvalue weighted by Gasteiger charge is 2.15. The first kappa shape index (κ1) is 17.0. The number of ketones is 1. The molecule has 0 radical (unpaired) electrons. The lowest BCUT2D eigenvalue weighted by molar-refractivity contribution is -0.121. The molecule has 1 aromatic carbocycles. The largest absolute Gasteiger partial charge is 0.355 e. The molecule has 0 fully saturated rings. The third-order valence-corrected chi connectivity index (χ3v) is 3.19. The Morgan fingerprint density at radius 2 is 1.95 bits per heavy atom. The maximum atomic E-state index is 12.1. The Morgan fingerprint density at radius 3 is 2.60 bits per heavy atom. The van der Waals surface area contributed by atoms with Gasteiger partial charge >= 0.3 is 0 Å². The number of halogens is 2. The van der Waals surface area contributed by atoms with Crippen LogP contribution >= 0.6 is 23.2 Å². The van der Waals surface area contributed by atoms with E-state index in [9.17, 15) is 9.59 Å². The molecule has 4 nitrogen and oxygen atoms in total. The molecule has 0 aliphatic heterocycles. The second-order valence-electron chi connectivity index (χ2n) is 4.57. The van der Waals surface area contributed by atoms with E-state index in [2.05, 4.69) is 5.32 Å². The predicted octanol–water partition coefficient (Wildman–Crippen LogP) is 2.63. The Hall–Kier alpha value is -1.10. The lowest BCUT2D eigenvalue weighted by Crippen LogP contribution is -2.37. The van der Waals surface area contributed by atoms with Crippen molar-refractivity contribution in [3.05, 3.63) is 33.8 Å². The predicted molar refractivity (Wildman–Crippen MR) is 81.6 cm³/mol. The molecular formula is C14H18Cl2N2O2. The first-order chi connectivity index (χ1) is 9.43. The van der Waals surface area contributed by atoms with Gasteiger partial charge in [-0.15, -0.1) is 0 Å². The molecule has 0 spiro atoms. The summed E-state index contributed by atoms with van der Waals surface area (Å²) in [7, 11) is 1.71. The molecule has 0 aliphatic rings. The zero-order chi connectivity index (χ0) is 15.1. The van der Waals surface area contributed by atoms with Crippen molar-refractivity contribution in [3.63, 3.8) is 0 Å². The number of hydrogen-bond donors (Lipinski definition) is 1. The number of carbonyl (C=O) groups excluding carboxylic acids is 2. The molecule has 0 saturated carbocycles. The molecule has 20 heavy (non-hydrogen) atoms. The van der Waals surface area contributed by atoms with Crippen molar-refractivity contribution >= 4 is 34.9 Å². The second kappa shape index (κ2) is 8.25. The van der Waals surface area contributed by atoms with E-state index in [4.69, 9.17) is 23.2 Å². The molecule has 1 amide bonds. The summed E-state index contributed by atoms with van der Waals surface area (Å²) in [6.45, 7) is 2.90. The Morgan fingerprint density at radius 1 is 1.25 bits per heavy atom. The van der Waals surface area contributed by atoms with Crippen molar-refractivity contribution in [1.82, 2.24) is 10.2 Å². The minimum atomic E-state index is -0.164. The van der Waals surface area contributed by atoms with E-state index in [1.807, 2.05) is 6.92 Å². The van der Waals surface area contributed by atoms with Crippen LogP contribution in [0.4, 0.5) is 0 Å². The summed E-state index contributed by atoms with van der Waals surface area (Å²) >= 11 is 11.8. The number of benzene rings is 1. The zero-order valence-corrected chi connectivity index (χ0v) is 13.1. The Bertz CT molecular complexity index is 492. The van der Waals surface area contributed by atoms with E-state index in [-0.39, 0.29) is 24.8 Å². The van der Waals surface area contributed by atoms with Crippen LogP contribution in [0.5, 0.6) is 0 Å². The minimum absolute atomic E-state index is 0.0978. The number of rotatable bonds is 7. The highest BCUT2D eigenvalue weighted by Crippen LogP contribution is 2.21. The summed E-state index contributed by atoms with van der Waals surface area (Å²) < 4.78 is 0. The lowest BCUT2D eigenvalue weighted by Gasteiger charge is -2.15. The van der Waals surface area contributed by atoms with Gasteiger partial charge < -0.3 is 5.32 Å². The standard InChI is InChI=1S/C14H18Cl2N2O2/c1-3-6-17-14(20)9-18(2)8-13(19)11-7-10(15)4-5-12(11)16/h4-5,7H,3,6,8-9H2,1-2H3,(H,17,20). The van der Waals surface area contributed by atoms with Crippen molar-refractivity contribution in [2.45, 2.75) is 13.3 Å². The first-order valence-corrected chi connectivity index (χ1v) is 7.13. The van der Waals surface area contributed by atoms with Crippen molar-refractivity contribution < 1.29 is 9.59 Å². The molecule has 1 rings (SSSR count). The molecule has 0 saturated heterocycles.